The summed E-state index contributed by atoms with van der Waals surface area (Å²) in [6.07, 6.45) is 0. The number of thiophene rings is 2. The Balaban J connectivity index is 1.06. The highest BCUT2D eigenvalue weighted by Crippen LogP contribution is 2.48. The normalized spacial score (nSPS) is 12.1. The summed E-state index contributed by atoms with van der Waals surface area (Å²) in [7, 11) is 0. The molecule has 2 heterocycles. The standard InChI is InChI=1S/C52H30S2/c1-2-12-31(13-3-1)50-38-17-6-8-19-40(38)51(41-20-9-7-18-39(41)50)42-26-25-34(35-14-4-5-15-36(35)42)33-22-24-43-48(29-33)54-47-27-23-32-28-45-37-16-10-11-21-46(37)53-49(45)30-44(32)52(43)47/h1-30H. The second kappa shape index (κ2) is 11.6. The lowest BCUT2D eigenvalue weighted by molar-refractivity contribution is 1.66. The zero-order valence-corrected chi connectivity index (χ0v) is 30.8. The van der Waals surface area contributed by atoms with Crippen LogP contribution in [0.3, 0.4) is 0 Å². The highest BCUT2D eigenvalue weighted by atomic mass is 32.1. The first-order valence-electron chi connectivity index (χ1n) is 18.5. The Morgan fingerprint density at radius 1 is 0.259 bits per heavy atom. The molecule has 0 aliphatic heterocycles. The quantitative estimate of drug-likeness (QED) is 0.160. The van der Waals surface area contributed by atoms with Crippen LogP contribution in [0.1, 0.15) is 0 Å². The van der Waals surface area contributed by atoms with Gasteiger partial charge in [0.2, 0.25) is 0 Å². The second-order valence-electron chi connectivity index (χ2n) is 14.3. The molecule has 54 heavy (non-hydrogen) atoms. The third-order valence-corrected chi connectivity index (χ3v) is 13.7. The zero-order chi connectivity index (χ0) is 35.3. The van der Waals surface area contributed by atoms with Crippen molar-refractivity contribution in [2.75, 3.05) is 0 Å². The lowest BCUT2D eigenvalue weighted by Gasteiger charge is -2.19. The molecule has 0 radical (unpaired) electrons. The van der Waals surface area contributed by atoms with Crippen LogP contribution in [0.5, 0.6) is 0 Å². The molecule has 12 rings (SSSR count). The Morgan fingerprint density at radius 2 is 0.833 bits per heavy atom. The fourth-order valence-corrected chi connectivity index (χ4v) is 11.4. The molecule has 0 N–H and O–H groups in total. The molecule has 0 aliphatic rings. The summed E-state index contributed by atoms with van der Waals surface area (Å²) in [5.74, 6) is 0. The van der Waals surface area contributed by atoms with E-state index in [1.165, 1.54) is 117 Å². The first-order chi connectivity index (χ1) is 26.8. The van der Waals surface area contributed by atoms with Gasteiger partial charge < -0.3 is 0 Å². The smallest absolute Gasteiger partial charge is 0.0362 e. The monoisotopic (exact) mass is 718 g/mol. The molecule has 2 aromatic heterocycles. The van der Waals surface area contributed by atoms with E-state index in [9.17, 15) is 0 Å². The van der Waals surface area contributed by atoms with E-state index < -0.39 is 0 Å². The van der Waals surface area contributed by atoms with Crippen LogP contribution in [-0.4, -0.2) is 0 Å². The maximum atomic E-state index is 2.43. The van der Waals surface area contributed by atoms with Crippen molar-refractivity contribution in [3.8, 4) is 33.4 Å². The molecule has 0 bridgehead atoms. The molecule has 2 heteroatoms. The Morgan fingerprint density at radius 3 is 1.57 bits per heavy atom. The van der Waals surface area contributed by atoms with Gasteiger partial charge >= 0.3 is 0 Å². The number of hydrogen-bond donors (Lipinski definition) is 0. The predicted octanol–water partition coefficient (Wildman–Crippen LogP) is 16.0. The number of hydrogen-bond acceptors (Lipinski definition) is 2. The minimum absolute atomic E-state index is 1.25. The van der Waals surface area contributed by atoms with Gasteiger partial charge in [-0.1, -0.05) is 152 Å². The third-order valence-electron chi connectivity index (χ3n) is 11.4. The third kappa shape index (κ3) is 4.36. The second-order valence-corrected chi connectivity index (χ2v) is 16.5. The molecule has 250 valence electrons. The molecule has 0 aliphatic carbocycles. The molecular formula is C52H30S2. The van der Waals surface area contributed by atoms with Crippen LogP contribution in [-0.2, 0) is 0 Å². The highest BCUT2D eigenvalue weighted by Gasteiger charge is 2.19. The molecule has 0 fully saturated rings. The van der Waals surface area contributed by atoms with Crippen molar-refractivity contribution in [2.24, 2.45) is 0 Å². The van der Waals surface area contributed by atoms with E-state index in [1.807, 2.05) is 22.7 Å². The van der Waals surface area contributed by atoms with Crippen LogP contribution in [0.4, 0.5) is 0 Å². The Labute approximate surface area is 319 Å². The lowest BCUT2D eigenvalue weighted by Crippen LogP contribution is -1.92. The molecule has 12 aromatic rings. The number of benzene rings is 10. The van der Waals surface area contributed by atoms with Gasteiger partial charge in [0.25, 0.3) is 0 Å². The van der Waals surface area contributed by atoms with Crippen molar-refractivity contribution in [1.82, 2.24) is 0 Å². The molecule has 10 aromatic carbocycles. The summed E-state index contributed by atoms with van der Waals surface area (Å²) in [6, 6.07) is 67.8. The predicted molar refractivity (Wildman–Crippen MR) is 239 cm³/mol. The average Bonchev–Trinajstić information content (AvgIpc) is 3.79. The van der Waals surface area contributed by atoms with E-state index in [2.05, 4.69) is 182 Å². The molecule has 0 atom stereocenters. The minimum atomic E-state index is 1.25. The molecule has 0 nitrogen and oxygen atoms in total. The van der Waals surface area contributed by atoms with Crippen molar-refractivity contribution >= 4 is 106 Å². The van der Waals surface area contributed by atoms with Crippen molar-refractivity contribution in [3.63, 3.8) is 0 Å². The summed E-state index contributed by atoms with van der Waals surface area (Å²) in [5, 5.41) is 15.7. The minimum Gasteiger partial charge on any atom is -0.135 e. The zero-order valence-electron chi connectivity index (χ0n) is 29.1. The fourth-order valence-electron chi connectivity index (χ4n) is 9.09. The largest absolute Gasteiger partial charge is 0.135 e. The van der Waals surface area contributed by atoms with E-state index in [1.54, 1.807) is 0 Å². The van der Waals surface area contributed by atoms with Crippen molar-refractivity contribution in [1.29, 1.82) is 0 Å². The van der Waals surface area contributed by atoms with E-state index in [-0.39, 0.29) is 0 Å². The maximum Gasteiger partial charge on any atom is 0.0362 e. The van der Waals surface area contributed by atoms with Crippen LogP contribution in [0, 0.1) is 0 Å². The summed E-state index contributed by atoms with van der Waals surface area (Å²) < 4.78 is 5.37. The van der Waals surface area contributed by atoms with Gasteiger partial charge in [-0.25, -0.2) is 0 Å². The summed E-state index contributed by atoms with van der Waals surface area (Å²) in [6.45, 7) is 0. The van der Waals surface area contributed by atoms with E-state index in [0.29, 0.717) is 0 Å². The first kappa shape index (κ1) is 30.2. The van der Waals surface area contributed by atoms with Gasteiger partial charge in [0.05, 0.1) is 0 Å². The lowest BCUT2D eigenvalue weighted by atomic mass is 9.84. The molecule has 0 spiro atoms. The van der Waals surface area contributed by atoms with Crippen LogP contribution in [0.25, 0.3) is 117 Å². The van der Waals surface area contributed by atoms with Crippen LogP contribution in [0.2, 0.25) is 0 Å². The molecule has 0 saturated carbocycles. The summed E-state index contributed by atoms with van der Waals surface area (Å²) in [5.41, 5.74) is 7.62. The van der Waals surface area contributed by atoms with Gasteiger partial charge in [0.1, 0.15) is 0 Å². The number of fused-ring (bicyclic) bond motifs is 11. The van der Waals surface area contributed by atoms with Crippen molar-refractivity contribution < 1.29 is 0 Å². The molecular weight excluding hydrogens is 689 g/mol. The molecule has 0 amide bonds. The van der Waals surface area contributed by atoms with Gasteiger partial charge in [0.15, 0.2) is 0 Å². The fraction of sp³-hybridized carbons (Fsp3) is 0. The van der Waals surface area contributed by atoms with Crippen LogP contribution >= 0.6 is 22.7 Å². The van der Waals surface area contributed by atoms with Crippen LogP contribution < -0.4 is 0 Å². The van der Waals surface area contributed by atoms with Gasteiger partial charge in [-0.05, 0) is 107 Å². The van der Waals surface area contributed by atoms with Gasteiger partial charge in [-0.3, -0.25) is 0 Å². The molecule has 0 saturated heterocycles. The van der Waals surface area contributed by atoms with Gasteiger partial charge in [0, 0.05) is 40.3 Å². The Hall–Kier alpha value is -6.32. The summed E-state index contributed by atoms with van der Waals surface area (Å²) in [4.78, 5) is 0. The van der Waals surface area contributed by atoms with Crippen LogP contribution in [0.15, 0.2) is 182 Å². The number of rotatable bonds is 3. The summed E-state index contributed by atoms with van der Waals surface area (Å²) >= 11 is 3.80. The first-order valence-corrected chi connectivity index (χ1v) is 20.1. The van der Waals surface area contributed by atoms with Gasteiger partial charge in [-0.15, -0.1) is 22.7 Å². The van der Waals surface area contributed by atoms with E-state index >= 15 is 0 Å². The van der Waals surface area contributed by atoms with Crippen molar-refractivity contribution in [3.05, 3.63) is 182 Å². The Bertz CT molecular complexity index is 3430. The maximum absolute atomic E-state index is 2.43. The topological polar surface area (TPSA) is 0 Å². The molecule has 0 unspecified atom stereocenters. The SMILES string of the molecule is c1ccc(-c2c3ccccc3c(-c3ccc(-c4ccc5c(c4)sc4ccc6cc7c(cc6c45)sc4ccccc47)c4ccccc34)c3ccccc23)cc1. The van der Waals surface area contributed by atoms with E-state index in [4.69, 9.17) is 0 Å². The van der Waals surface area contributed by atoms with Gasteiger partial charge in [-0.2, -0.15) is 0 Å². The highest BCUT2D eigenvalue weighted by molar-refractivity contribution is 7.26. The average molecular weight is 719 g/mol. The Kier molecular flexibility index (Phi) is 6.48. The van der Waals surface area contributed by atoms with Crippen molar-refractivity contribution in [2.45, 2.75) is 0 Å². The van der Waals surface area contributed by atoms with E-state index in [0.717, 1.165) is 0 Å².